The number of hydrogen-bond acceptors (Lipinski definition) is 0. The first-order valence-corrected chi connectivity index (χ1v) is 15.0. The van der Waals surface area contributed by atoms with Gasteiger partial charge < -0.3 is 0 Å². The maximum Gasteiger partial charge on any atom is 2.00 e. The SMILES string of the molecule is CC(C)(C)c1cc(-c2cc[c-](-c3cc(C(C)(C)C)cc(C(C)(C)C)c3)c2Br)cc(C(C)(C)C)c1.[Fe+2].c1cc[cH-]c1. The minimum Gasteiger partial charge on any atom is -0.214 e. The molecule has 0 atom stereocenters. The monoisotopic (exact) mass is 640 g/mol. The molecule has 216 valence electrons. The molecular weight excluding hydrogens is 592 g/mol. The molecule has 0 aliphatic rings. The van der Waals surface area contributed by atoms with E-state index in [0.29, 0.717) is 0 Å². The summed E-state index contributed by atoms with van der Waals surface area (Å²) in [6.07, 6.45) is 0. The van der Waals surface area contributed by atoms with Crippen molar-refractivity contribution in [1.29, 1.82) is 0 Å². The van der Waals surface area contributed by atoms with Crippen LogP contribution >= 0.6 is 15.9 Å². The van der Waals surface area contributed by atoms with Crippen molar-refractivity contribution >= 4 is 15.9 Å². The second kappa shape index (κ2) is 12.6. The molecule has 4 aromatic carbocycles. The van der Waals surface area contributed by atoms with E-state index in [2.05, 4.69) is 148 Å². The van der Waals surface area contributed by atoms with Gasteiger partial charge in [-0.05, 0) is 37.3 Å². The number of rotatable bonds is 2. The summed E-state index contributed by atoms with van der Waals surface area (Å²) in [5, 5.41) is 0. The van der Waals surface area contributed by atoms with Gasteiger partial charge in [0.1, 0.15) is 0 Å². The zero-order valence-corrected chi connectivity index (χ0v) is 29.4. The topological polar surface area (TPSA) is 0 Å². The van der Waals surface area contributed by atoms with Gasteiger partial charge in [0.15, 0.2) is 0 Å². The van der Waals surface area contributed by atoms with Crippen molar-refractivity contribution < 1.29 is 17.1 Å². The van der Waals surface area contributed by atoms with Gasteiger partial charge in [-0.15, -0.1) is 29.8 Å². The predicted octanol–water partition coefficient (Wildman–Crippen LogP) is 12.1. The zero-order chi connectivity index (χ0) is 29.4. The van der Waals surface area contributed by atoms with Crippen LogP contribution in [0.4, 0.5) is 0 Å². The average molecular weight is 642 g/mol. The summed E-state index contributed by atoms with van der Waals surface area (Å²) >= 11 is 4.02. The van der Waals surface area contributed by atoms with Crippen molar-refractivity contribution in [3.63, 3.8) is 0 Å². The summed E-state index contributed by atoms with van der Waals surface area (Å²) in [6.45, 7) is 27.6. The summed E-state index contributed by atoms with van der Waals surface area (Å²) in [5.41, 5.74) is 11.0. The van der Waals surface area contributed by atoms with Crippen LogP contribution in [0.2, 0.25) is 0 Å². The Morgan fingerprint density at radius 3 is 1.27 bits per heavy atom. The van der Waals surface area contributed by atoms with Crippen LogP contribution in [0.1, 0.15) is 105 Å². The van der Waals surface area contributed by atoms with Gasteiger partial charge >= 0.3 is 17.1 Å². The van der Waals surface area contributed by atoms with Crippen molar-refractivity contribution in [2.75, 3.05) is 0 Å². The molecule has 0 aliphatic heterocycles. The van der Waals surface area contributed by atoms with Crippen LogP contribution in [-0.2, 0) is 38.7 Å². The van der Waals surface area contributed by atoms with E-state index in [-0.39, 0.29) is 38.7 Å². The van der Waals surface area contributed by atoms with E-state index in [0.717, 1.165) is 0 Å². The predicted molar refractivity (Wildman–Crippen MR) is 177 cm³/mol. The maximum atomic E-state index is 4.02. The summed E-state index contributed by atoms with van der Waals surface area (Å²) in [4.78, 5) is 0. The molecule has 0 saturated carbocycles. The molecule has 0 nitrogen and oxygen atoms in total. The van der Waals surface area contributed by atoms with E-state index in [1.807, 2.05) is 30.3 Å². The second-order valence-electron chi connectivity index (χ2n) is 15.0. The number of hydrogen-bond donors (Lipinski definition) is 0. The van der Waals surface area contributed by atoms with Gasteiger partial charge in [-0.2, -0.15) is 18.2 Å². The van der Waals surface area contributed by atoms with E-state index < -0.39 is 0 Å². The quantitative estimate of drug-likeness (QED) is 0.151. The van der Waals surface area contributed by atoms with Crippen LogP contribution in [0.3, 0.4) is 0 Å². The summed E-state index contributed by atoms with van der Waals surface area (Å²) in [5.74, 6) is 0. The first kappa shape index (κ1) is 34.3. The van der Waals surface area contributed by atoms with Gasteiger partial charge in [-0.1, -0.05) is 151 Å². The Bertz CT molecular complexity index is 1200. The van der Waals surface area contributed by atoms with Crippen molar-refractivity contribution in [2.45, 2.75) is 105 Å². The third-order valence-electron chi connectivity index (χ3n) is 7.40. The normalized spacial score (nSPS) is 12.4. The molecule has 0 aliphatic carbocycles. The molecule has 2 heteroatoms. The molecule has 0 bridgehead atoms. The minimum atomic E-state index is 0. The third kappa shape index (κ3) is 8.57. The molecule has 40 heavy (non-hydrogen) atoms. The van der Waals surface area contributed by atoms with Crippen molar-refractivity contribution in [1.82, 2.24) is 0 Å². The maximum absolute atomic E-state index is 4.02. The number of benzene rings is 2. The van der Waals surface area contributed by atoms with E-state index in [1.165, 1.54) is 49.0 Å². The van der Waals surface area contributed by atoms with Crippen LogP contribution in [0, 0.1) is 0 Å². The number of halogens is 1. The fraction of sp³-hybridized carbons (Fsp3) is 0.421. The Morgan fingerprint density at radius 2 is 0.950 bits per heavy atom. The molecule has 4 rings (SSSR count). The van der Waals surface area contributed by atoms with Crippen molar-refractivity contribution in [2.24, 2.45) is 0 Å². The van der Waals surface area contributed by atoms with E-state index in [9.17, 15) is 0 Å². The van der Waals surface area contributed by atoms with Gasteiger partial charge in [0, 0.05) is 0 Å². The molecule has 0 heterocycles. The molecular formula is C38H49BrFe. The Kier molecular flexibility index (Phi) is 10.8. The fourth-order valence-corrected chi connectivity index (χ4v) is 5.25. The van der Waals surface area contributed by atoms with Crippen LogP contribution in [-0.4, -0.2) is 0 Å². The molecule has 0 aromatic heterocycles. The van der Waals surface area contributed by atoms with E-state index in [4.69, 9.17) is 0 Å². The fourth-order valence-electron chi connectivity index (χ4n) is 4.52. The smallest absolute Gasteiger partial charge is 0.214 e. The Labute approximate surface area is 264 Å². The second-order valence-corrected chi connectivity index (χ2v) is 15.8. The average Bonchev–Trinajstić information content (AvgIpc) is 3.50. The van der Waals surface area contributed by atoms with Crippen LogP contribution < -0.4 is 0 Å². The van der Waals surface area contributed by atoms with E-state index in [1.54, 1.807) is 0 Å². The van der Waals surface area contributed by atoms with Gasteiger partial charge in [0.2, 0.25) is 0 Å². The molecule has 0 radical (unpaired) electrons. The molecule has 0 N–H and O–H groups in total. The first-order valence-electron chi connectivity index (χ1n) is 14.2. The Morgan fingerprint density at radius 1 is 0.575 bits per heavy atom. The molecule has 4 aromatic rings. The summed E-state index contributed by atoms with van der Waals surface area (Å²) < 4.78 is 1.18. The van der Waals surface area contributed by atoms with Gasteiger partial charge in [-0.3, -0.25) is 0 Å². The Hall–Kier alpha value is -1.86. The van der Waals surface area contributed by atoms with Crippen LogP contribution in [0.15, 0.2) is 83.3 Å². The van der Waals surface area contributed by atoms with Gasteiger partial charge in [0.05, 0.1) is 0 Å². The first-order chi connectivity index (χ1) is 17.8. The van der Waals surface area contributed by atoms with Gasteiger partial charge in [0.25, 0.3) is 0 Å². The summed E-state index contributed by atoms with van der Waals surface area (Å²) in [7, 11) is 0. The van der Waals surface area contributed by atoms with Gasteiger partial charge in [-0.25, -0.2) is 12.1 Å². The molecule has 0 spiro atoms. The molecule has 0 unspecified atom stereocenters. The largest absolute Gasteiger partial charge is 2.00 e. The third-order valence-corrected chi connectivity index (χ3v) is 8.25. The van der Waals surface area contributed by atoms with E-state index >= 15 is 0 Å². The van der Waals surface area contributed by atoms with Crippen LogP contribution in [0.25, 0.3) is 22.3 Å². The molecule has 0 fully saturated rings. The summed E-state index contributed by atoms with van der Waals surface area (Å²) in [6, 6.07) is 28.9. The molecule has 0 amide bonds. The van der Waals surface area contributed by atoms with Crippen LogP contribution in [0.5, 0.6) is 0 Å². The minimum absolute atomic E-state index is 0. The molecule has 0 saturated heterocycles. The van der Waals surface area contributed by atoms with Crippen molar-refractivity contribution in [3.05, 3.63) is 106 Å². The zero-order valence-electron chi connectivity index (χ0n) is 26.7. The Balaban J connectivity index is 0.000000840. The van der Waals surface area contributed by atoms with Crippen molar-refractivity contribution in [3.8, 4) is 22.3 Å². The standard InChI is InChI=1S/C33H44Br.C5H5.Fe/c1-30(2,3)23-15-21(16-24(19-23)31(4,5)6)27-13-14-28(29(27)34)22-17-25(32(7,8)9)20-26(18-22)33(10,11)12;1-2-4-5-3-1;/h13-20H,1-12H3;1-5H;/q2*-1;+2.